The summed E-state index contributed by atoms with van der Waals surface area (Å²) >= 11 is 0. The third-order valence-electron chi connectivity index (χ3n) is 4.71. The second kappa shape index (κ2) is 6.25. The maximum atomic E-state index is 12.9. The van der Waals surface area contributed by atoms with Gasteiger partial charge >= 0.3 is 0 Å². The molecule has 25 heavy (non-hydrogen) atoms. The Morgan fingerprint density at radius 3 is 3.00 bits per heavy atom. The number of carbonyl (C=O) groups is 1. The van der Waals surface area contributed by atoms with Gasteiger partial charge in [0.2, 0.25) is 0 Å². The van der Waals surface area contributed by atoms with E-state index < -0.39 is 0 Å². The van der Waals surface area contributed by atoms with Crippen molar-refractivity contribution in [3.8, 4) is 5.69 Å². The first-order valence-electron chi connectivity index (χ1n) is 8.45. The van der Waals surface area contributed by atoms with Gasteiger partial charge < -0.3 is 10.2 Å². The van der Waals surface area contributed by atoms with E-state index >= 15 is 0 Å². The van der Waals surface area contributed by atoms with Crippen LogP contribution in [-0.4, -0.2) is 56.5 Å². The Hall–Kier alpha value is -2.80. The van der Waals surface area contributed by atoms with Crippen molar-refractivity contribution in [3.05, 3.63) is 47.9 Å². The van der Waals surface area contributed by atoms with Crippen molar-refractivity contribution in [2.24, 2.45) is 0 Å². The topological polar surface area (TPSA) is 75.9 Å². The van der Waals surface area contributed by atoms with Crippen LogP contribution in [0.25, 0.3) is 16.6 Å². The predicted molar refractivity (Wildman–Crippen MR) is 94.8 cm³/mol. The van der Waals surface area contributed by atoms with E-state index in [2.05, 4.69) is 20.6 Å². The summed E-state index contributed by atoms with van der Waals surface area (Å²) < 4.78 is 1.73. The Bertz CT molecular complexity index is 929. The zero-order chi connectivity index (χ0) is 17.4. The van der Waals surface area contributed by atoms with E-state index in [9.17, 15) is 4.79 Å². The maximum absolute atomic E-state index is 12.9. The number of hydrogen-bond donors (Lipinski definition) is 1. The lowest BCUT2D eigenvalue weighted by molar-refractivity contribution is 0.0649. The Balaban J connectivity index is 1.75. The van der Waals surface area contributed by atoms with Gasteiger partial charge in [-0.15, -0.1) is 5.10 Å². The molecule has 1 fully saturated rings. The Morgan fingerprint density at radius 2 is 2.16 bits per heavy atom. The quantitative estimate of drug-likeness (QED) is 0.768. The number of hydrogen-bond acceptors (Lipinski definition) is 5. The molecular weight excluding hydrogens is 316 g/mol. The first kappa shape index (κ1) is 15.7. The molecule has 0 spiro atoms. The molecule has 7 nitrogen and oxygen atoms in total. The van der Waals surface area contributed by atoms with Crippen LogP contribution < -0.4 is 5.32 Å². The molecule has 1 atom stereocenters. The second-order valence-corrected chi connectivity index (χ2v) is 6.33. The molecule has 3 aromatic rings. The molecule has 4 rings (SSSR count). The van der Waals surface area contributed by atoms with E-state index in [1.807, 2.05) is 49.1 Å². The second-order valence-electron chi connectivity index (χ2n) is 6.33. The van der Waals surface area contributed by atoms with Crippen molar-refractivity contribution in [1.82, 2.24) is 30.2 Å². The van der Waals surface area contributed by atoms with E-state index in [1.165, 1.54) is 0 Å². The van der Waals surface area contributed by atoms with Gasteiger partial charge in [0, 0.05) is 37.3 Å². The summed E-state index contributed by atoms with van der Waals surface area (Å²) in [7, 11) is 0. The van der Waals surface area contributed by atoms with Gasteiger partial charge in [-0.05, 0) is 38.1 Å². The van der Waals surface area contributed by atoms with Crippen LogP contribution in [0.1, 0.15) is 23.1 Å². The molecule has 2 aromatic heterocycles. The molecule has 0 bridgehead atoms. The average molecular weight is 336 g/mol. The van der Waals surface area contributed by atoms with Gasteiger partial charge in [0.15, 0.2) is 5.69 Å². The van der Waals surface area contributed by atoms with Gasteiger partial charge in [-0.3, -0.25) is 9.78 Å². The number of nitrogens with one attached hydrogen (secondary N) is 1. The standard InChI is InChI=1S/C18H20N6O/c1-12-11-19-9-10-23(12)18(25)17-13(2)24(22-21-17)16-7-3-6-15-14(16)5-4-8-20-15/h3-8,12,19H,9-11H2,1-2H3/t12-/m1/s1. The molecule has 0 saturated carbocycles. The Labute approximate surface area is 145 Å². The minimum atomic E-state index is -0.0592. The largest absolute Gasteiger partial charge is 0.332 e. The molecule has 0 unspecified atom stereocenters. The molecule has 128 valence electrons. The van der Waals surface area contributed by atoms with Gasteiger partial charge in [-0.25, -0.2) is 4.68 Å². The van der Waals surface area contributed by atoms with Crippen molar-refractivity contribution >= 4 is 16.8 Å². The summed E-state index contributed by atoms with van der Waals surface area (Å²) in [5.41, 5.74) is 2.92. The van der Waals surface area contributed by atoms with Gasteiger partial charge in [0.05, 0.1) is 16.9 Å². The summed E-state index contributed by atoms with van der Waals surface area (Å²) in [4.78, 5) is 19.2. The summed E-state index contributed by atoms with van der Waals surface area (Å²) in [6.07, 6.45) is 1.76. The number of amides is 1. The van der Waals surface area contributed by atoms with Crippen LogP contribution in [0.15, 0.2) is 36.5 Å². The zero-order valence-corrected chi connectivity index (χ0v) is 14.3. The first-order chi connectivity index (χ1) is 12.2. The van der Waals surface area contributed by atoms with E-state index in [-0.39, 0.29) is 11.9 Å². The molecule has 1 amide bonds. The molecular formula is C18H20N6O. The number of pyridine rings is 1. The molecule has 1 N–H and O–H groups in total. The summed E-state index contributed by atoms with van der Waals surface area (Å²) in [5, 5.41) is 12.7. The minimum absolute atomic E-state index is 0.0592. The summed E-state index contributed by atoms with van der Waals surface area (Å²) in [6.45, 7) is 6.21. The molecule has 1 saturated heterocycles. The SMILES string of the molecule is Cc1c(C(=O)N2CCNC[C@H]2C)nnn1-c1cccc2ncccc12. The van der Waals surface area contributed by atoms with Crippen molar-refractivity contribution in [3.63, 3.8) is 0 Å². The van der Waals surface area contributed by atoms with Gasteiger partial charge in [-0.2, -0.15) is 0 Å². The zero-order valence-electron chi connectivity index (χ0n) is 14.3. The van der Waals surface area contributed by atoms with Crippen molar-refractivity contribution in [2.75, 3.05) is 19.6 Å². The van der Waals surface area contributed by atoms with Crippen molar-refractivity contribution < 1.29 is 4.79 Å². The fourth-order valence-electron chi connectivity index (χ4n) is 3.31. The van der Waals surface area contributed by atoms with Crippen LogP contribution >= 0.6 is 0 Å². The fourth-order valence-corrected chi connectivity index (χ4v) is 3.31. The molecule has 3 heterocycles. The van der Waals surface area contributed by atoms with Crippen molar-refractivity contribution in [1.29, 1.82) is 0 Å². The smallest absolute Gasteiger partial charge is 0.276 e. The Morgan fingerprint density at radius 1 is 1.28 bits per heavy atom. The van der Waals surface area contributed by atoms with Crippen LogP contribution in [0.2, 0.25) is 0 Å². The number of piperazine rings is 1. The number of rotatable bonds is 2. The van der Waals surface area contributed by atoms with Crippen LogP contribution in [0.3, 0.4) is 0 Å². The minimum Gasteiger partial charge on any atom is -0.332 e. The molecule has 1 aliphatic rings. The average Bonchev–Trinajstić information content (AvgIpc) is 3.02. The maximum Gasteiger partial charge on any atom is 0.276 e. The molecule has 1 aromatic carbocycles. The lowest BCUT2D eigenvalue weighted by atomic mass is 10.1. The van der Waals surface area contributed by atoms with E-state index in [0.717, 1.165) is 35.4 Å². The van der Waals surface area contributed by atoms with Crippen LogP contribution in [0.4, 0.5) is 0 Å². The van der Waals surface area contributed by atoms with Crippen LogP contribution in [-0.2, 0) is 0 Å². The lowest BCUT2D eigenvalue weighted by Crippen LogP contribution is -2.52. The van der Waals surface area contributed by atoms with Crippen LogP contribution in [0.5, 0.6) is 0 Å². The number of aromatic nitrogens is 4. The number of benzene rings is 1. The summed E-state index contributed by atoms with van der Waals surface area (Å²) in [6, 6.07) is 9.90. The van der Waals surface area contributed by atoms with Gasteiger partial charge in [0.1, 0.15) is 0 Å². The highest BCUT2D eigenvalue weighted by molar-refractivity contribution is 5.94. The number of fused-ring (bicyclic) bond motifs is 1. The Kier molecular flexibility index (Phi) is 3.93. The summed E-state index contributed by atoms with van der Waals surface area (Å²) in [5.74, 6) is -0.0592. The normalized spacial score (nSPS) is 17.8. The predicted octanol–water partition coefficient (Wildman–Crippen LogP) is 1.56. The highest BCUT2D eigenvalue weighted by Crippen LogP contribution is 2.22. The highest BCUT2D eigenvalue weighted by Gasteiger charge is 2.28. The molecule has 1 aliphatic heterocycles. The van der Waals surface area contributed by atoms with E-state index in [0.29, 0.717) is 12.2 Å². The first-order valence-corrected chi connectivity index (χ1v) is 8.45. The highest BCUT2D eigenvalue weighted by atomic mass is 16.2. The number of nitrogens with zero attached hydrogens (tertiary/aromatic N) is 5. The van der Waals surface area contributed by atoms with Gasteiger partial charge in [-0.1, -0.05) is 11.3 Å². The lowest BCUT2D eigenvalue weighted by Gasteiger charge is -2.33. The fraction of sp³-hybridized carbons (Fsp3) is 0.333. The molecule has 0 radical (unpaired) electrons. The van der Waals surface area contributed by atoms with E-state index in [1.54, 1.807) is 10.9 Å². The van der Waals surface area contributed by atoms with E-state index in [4.69, 9.17) is 0 Å². The third-order valence-corrected chi connectivity index (χ3v) is 4.71. The molecule has 7 heteroatoms. The van der Waals surface area contributed by atoms with Crippen LogP contribution in [0, 0.1) is 6.92 Å². The number of carbonyl (C=O) groups excluding carboxylic acids is 1. The monoisotopic (exact) mass is 336 g/mol. The third kappa shape index (κ3) is 2.66. The van der Waals surface area contributed by atoms with Crippen molar-refractivity contribution in [2.45, 2.75) is 19.9 Å². The molecule has 0 aliphatic carbocycles. The van der Waals surface area contributed by atoms with Gasteiger partial charge in [0.25, 0.3) is 5.91 Å².